The Bertz CT molecular complexity index is 837. The molecule has 2 heterocycles. The van der Waals surface area contributed by atoms with E-state index in [4.69, 9.17) is 5.73 Å². The van der Waals surface area contributed by atoms with Crippen LogP contribution in [0.2, 0.25) is 0 Å². The topological polar surface area (TPSA) is 81.6 Å². The summed E-state index contributed by atoms with van der Waals surface area (Å²) in [6.45, 7) is 3.98. The molecule has 6 nitrogen and oxygen atoms in total. The number of benzene rings is 1. The van der Waals surface area contributed by atoms with Crippen molar-refractivity contribution in [3.05, 3.63) is 34.9 Å². The number of hydrogen-bond acceptors (Lipinski definition) is 3. The minimum absolute atomic E-state index is 0.0914. The van der Waals surface area contributed by atoms with Gasteiger partial charge in [-0.3, -0.25) is 9.25 Å². The first-order valence-electron chi connectivity index (χ1n) is 6.51. The van der Waals surface area contributed by atoms with Crippen molar-refractivity contribution in [1.29, 1.82) is 0 Å². The molecule has 0 aliphatic rings. The van der Waals surface area contributed by atoms with Gasteiger partial charge in [0.05, 0.1) is 17.2 Å². The van der Waals surface area contributed by atoms with Crippen LogP contribution in [0, 0.1) is 0 Å². The number of aromatic nitrogens is 4. The van der Waals surface area contributed by atoms with Crippen LogP contribution in [0.4, 0.5) is 5.82 Å². The predicted molar refractivity (Wildman–Crippen MR) is 79.6 cm³/mol. The lowest BCUT2D eigenvalue weighted by Crippen LogP contribution is -2.18. The quantitative estimate of drug-likeness (QED) is 0.746. The Morgan fingerprint density at radius 3 is 2.70 bits per heavy atom. The predicted octanol–water partition coefficient (Wildman–Crippen LogP) is 1.89. The second-order valence-corrected chi connectivity index (χ2v) is 5.19. The molecule has 3 aromatic rings. The number of hydrogen-bond donors (Lipinski definition) is 2. The van der Waals surface area contributed by atoms with E-state index in [1.54, 1.807) is 22.5 Å². The number of rotatable bonds is 2. The maximum Gasteiger partial charge on any atom is 0.326 e. The summed E-state index contributed by atoms with van der Waals surface area (Å²) < 4.78 is 3.37. The summed E-state index contributed by atoms with van der Waals surface area (Å²) in [6.07, 6.45) is 1.73. The molecule has 0 bridgehead atoms. The molecule has 0 amide bonds. The molecule has 0 spiro atoms. The summed E-state index contributed by atoms with van der Waals surface area (Å²) in [7, 11) is 1.80. The van der Waals surface area contributed by atoms with E-state index in [-0.39, 0.29) is 11.7 Å². The van der Waals surface area contributed by atoms with Crippen LogP contribution in [0.1, 0.15) is 19.9 Å². The third-order valence-electron chi connectivity index (χ3n) is 3.53. The molecule has 0 aliphatic heterocycles. The van der Waals surface area contributed by atoms with Gasteiger partial charge >= 0.3 is 5.69 Å². The molecule has 0 atom stereocenters. The van der Waals surface area contributed by atoms with Crippen LogP contribution in [-0.2, 0) is 7.05 Å². The Morgan fingerprint density at radius 2 is 2.10 bits per heavy atom. The van der Waals surface area contributed by atoms with Crippen molar-refractivity contribution >= 4 is 16.9 Å². The Labute approximate surface area is 115 Å². The standard InChI is InChI=1S/C14H17N5O/c1-8(2)19-12-5-4-9(6-11(12)17-14(19)20)10-7-16-18(3)13(10)15/h4-8H,15H2,1-3H3,(H,17,20). The Morgan fingerprint density at radius 1 is 1.35 bits per heavy atom. The highest BCUT2D eigenvalue weighted by Crippen LogP contribution is 2.27. The molecule has 2 aromatic heterocycles. The van der Waals surface area contributed by atoms with E-state index in [9.17, 15) is 4.79 Å². The Kier molecular flexibility index (Phi) is 2.67. The van der Waals surface area contributed by atoms with E-state index in [2.05, 4.69) is 10.1 Å². The third-order valence-corrected chi connectivity index (χ3v) is 3.53. The SMILES string of the molecule is CC(C)n1c(=O)[nH]c2cc(-c3cnn(C)c3N)ccc21. The lowest BCUT2D eigenvalue weighted by molar-refractivity contribution is 0.598. The van der Waals surface area contributed by atoms with E-state index >= 15 is 0 Å². The summed E-state index contributed by atoms with van der Waals surface area (Å²) in [5.41, 5.74) is 9.42. The maximum absolute atomic E-state index is 12.0. The summed E-state index contributed by atoms with van der Waals surface area (Å²) in [5, 5.41) is 4.14. The first-order valence-corrected chi connectivity index (χ1v) is 6.51. The molecule has 0 radical (unpaired) electrons. The fourth-order valence-corrected chi connectivity index (χ4v) is 2.48. The molecular formula is C14H17N5O. The number of fused-ring (bicyclic) bond motifs is 1. The van der Waals surface area contributed by atoms with Gasteiger partial charge in [0.1, 0.15) is 5.82 Å². The molecule has 0 aliphatic carbocycles. The molecule has 1 aromatic carbocycles. The Hall–Kier alpha value is -2.50. The number of nitrogens with one attached hydrogen (secondary N) is 1. The monoisotopic (exact) mass is 271 g/mol. The lowest BCUT2D eigenvalue weighted by Gasteiger charge is -2.07. The summed E-state index contributed by atoms with van der Waals surface area (Å²) in [5.74, 6) is 0.606. The van der Waals surface area contributed by atoms with Crippen LogP contribution < -0.4 is 11.4 Å². The zero-order chi connectivity index (χ0) is 14.4. The van der Waals surface area contributed by atoms with Crippen LogP contribution >= 0.6 is 0 Å². The first-order chi connectivity index (χ1) is 9.49. The normalized spacial score (nSPS) is 11.6. The van der Waals surface area contributed by atoms with E-state index in [1.807, 2.05) is 32.0 Å². The van der Waals surface area contributed by atoms with Gasteiger partial charge in [-0.15, -0.1) is 0 Å². The van der Waals surface area contributed by atoms with Gasteiger partial charge in [0.25, 0.3) is 0 Å². The van der Waals surface area contributed by atoms with Gasteiger partial charge in [-0.1, -0.05) is 6.07 Å². The van der Waals surface area contributed by atoms with Gasteiger partial charge in [-0.05, 0) is 31.5 Å². The number of imidazole rings is 1. The number of anilines is 1. The molecule has 0 saturated heterocycles. The van der Waals surface area contributed by atoms with Crippen LogP contribution in [0.5, 0.6) is 0 Å². The van der Waals surface area contributed by atoms with E-state index in [1.165, 1.54) is 0 Å². The molecule has 3 N–H and O–H groups in total. The first kappa shape index (κ1) is 12.5. The number of nitrogens with two attached hydrogens (primary N) is 1. The molecular weight excluding hydrogens is 254 g/mol. The molecule has 0 unspecified atom stereocenters. The minimum atomic E-state index is -0.0914. The van der Waals surface area contributed by atoms with Crippen molar-refractivity contribution in [3.8, 4) is 11.1 Å². The van der Waals surface area contributed by atoms with Crippen molar-refractivity contribution < 1.29 is 0 Å². The number of aryl methyl sites for hydroxylation is 1. The molecule has 6 heteroatoms. The molecule has 3 rings (SSSR count). The molecule has 0 saturated carbocycles. The summed E-state index contributed by atoms with van der Waals surface area (Å²) in [4.78, 5) is 14.8. The number of nitrogen functional groups attached to an aromatic ring is 1. The molecule has 20 heavy (non-hydrogen) atoms. The number of nitrogens with zero attached hydrogens (tertiary/aromatic N) is 3. The summed E-state index contributed by atoms with van der Waals surface area (Å²) in [6, 6.07) is 5.95. The number of aromatic amines is 1. The van der Waals surface area contributed by atoms with E-state index in [0.717, 1.165) is 22.2 Å². The third kappa shape index (κ3) is 1.72. The highest BCUT2D eigenvalue weighted by molar-refractivity contribution is 5.84. The highest BCUT2D eigenvalue weighted by atomic mass is 16.1. The van der Waals surface area contributed by atoms with Gasteiger partial charge < -0.3 is 10.7 Å². The minimum Gasteiger partial charge on any atom is -0.383 e. The van der Waals surface area contributed by atoms with Gasteiger partial charge in [-0.2, -0.15) is 5.10 Å². The average molecular weight is 271 g/mol. The zero-order valence-corrected chi connectivity index (χ0v) is 11.7. The second-order valence-electron chi connectivity index (χ2n) is 5.19. The van der Waals surface area contributed by atoms with Crippen LogP contribution in [0.25, 0.3) is 22.2 Å². The van der Waals surface area contributed by atoms with Crippen molar-refractivity contribution in [2.24, 2.45) is 7.05 Å². The van der Waals surface area contributed by atoms with Crippen LogP contribution in [-0.4, -0.2) is 19.3 Å². The highest BCUT2D eigenvalue weighted by Gasteiger charge is 2.12. The lowest BCUT2D eigenvalue weighted by atomic mass is 10.1. The maximum atomic E-state index is 12.0. The van der Waals surface area contributed by atoms with Crippen molar-refractivity contribution in [2.45, 2.75) is 19.9 Å². The van der Waals surface area contributed by atoms with Crippen LogP contribution in [0.15, 0.2) is 29.2 Å². The second kappa shape index (κ2) is 4.26. The smallest absolute Gasteiger partial charge is 0.326 e. The van der Waals surface area contributed by atoms with Gasteiger partial charge in [0.2, 0.25) is 0 Å². The Balaban J connectivity index is 2.22. The van der Waals surface area contributed by atoms with Gasteiger partial charge in [0, 0.05) is 18.7 Å². The van der Waals surface area contributed by atoms with Crippen LogP contribution in [0.3, 0.4) is 0 Å². The van der Waals surface area contributed by atoms with E-state index in [0.29, 0.717) is 5.82 Å². The largest absolute Gasteiger partial charge is 0.383 e. The van der Waals surface area contributed by atoms with Gasteiger partial charge in [-0.25, -0.2) is 4.79 Å². The fraction of sp³-hybridized carbons (Fsp3) is 0.286. The average Bonchev–Trinajstić information content (AvgIpc) is 2.89. The van der Waals surface area contributed by atoms with Crippen molar-refractivity contribution in [2.75, 3.05) is 5.73 Å². The molecule has 104 valence electrons. The van der Waals surface area contributed by atoms with E-state index < -0.39 is 0 Å². The van der Waals surface area contributed by atoms with Crippen molar-refractivity contribution in [3.63, 3.8) is 0 Å². The fourth-order valence-electron chi connectivity index (χ4n) is 2.48. The summed E-state index contributed by atoms with van der Waals surface area (Å²) >= 11 is 0. The van der Waals surface area contributed by atoms with Crippen molar-refractivity contribution in [1.82, 2.24) is 19.3 Å². The number of H-pyrrole nitrogens is 1. The molecule has 0 fully saturated rings. The zero-order valence-electron chi connectivity index (χ0n) is 11.7. The van der Waals surface area contributed by atoms with Gasteiger partial charge in [0.15, 0.2) is 0 Å².